The molecular formula is C21H29N3O5S. The van der Waals surface area contributed by atoms with Crippen LogP contribution in [0.3, 0.4) is 0 Å². The van der Waals surface area contributed by atoms with Gasteiger partial charge in [0.1, 0.15) is 0 Å². The second kappa shape index (κ2) is 9.30. The van der Waals surface area contributed by atoms with Crippen LogP contribution < -0.4 is 10.0 Å². The molecule has 164 valence electrons. The third-order valence-electron chi connectivity index (χ3n) is 4.47. The number of nitrogens with one attached hydrogen (secondary N) is 2. The van der Waals surface area contributed by atoms with Gasteiger partial charge in [0.25, 0.3) is 15.9 Å². The minimum Gasteiger partial charge on any atom is -0.438 e. The number of nitrogens with zero attached hydrogens (tertiary/aromatic N) is 1. The van der Waals surface area contributed by atoms with E-state index in [2.05, 4.69) is 27.1 Å². The number of carbonyl (C=O) groups is 1. The van der Waals surface area contributed by atoms with E-state index < -0.39 is 21.5 Å². The van der Waals surface area contributed by atoms with Gasteiger partial charge in [0.15, 0.2) is 5.76 Å². The Bertz CT molecular complexity index is 951. The summed E-state index contributed by atoms with van der Waals surface area (Å²) >= 11 is 0. The van der Waals surface area contributed by atoms with E-state index in [1.807, 2.05) is 18.2 Å². The molecule has 0 aliphatic carbocycles. The average molecular weight is 436 g/mol. The molecule has 8 nitrogen and oxygen atoms in total. The molecular weight excluding hydrogens is 406 g/mol. The minimum atomic E-state index is -3.83. The van der Waals surface area contributed by atoms with E-state index in [1.165, 1.54) is 17.7 Å². The molecule has 9 heteroatoms. The Kier molecular flexibility index (Phi) is 6.97. The average Bonchev–Trinajstić information content (AvgIpc) is 3.17. The van der Waals surface area contributed by atoms with Gasteiger partial charge in [-0.05, 0) is 38.5 Å². The van der Waals surface area contributed by atoms with Crippen molar-refractivity contribution in [3.63, 3.8) is 0 Å². The van der Waals surface area contributed by atoms with Gasteiger partial charge in [0.05, 0.1) is 12.7 Å². The van der Waals surface area contributed by atoms with Gasteiger partial charge in [-0.2, -0.15) is 0 Å². The van der Waals surface area contributed by atoms with E-state index in [9.17, 15) is 13.2 Å². The van der Waals surface area contributed by atoms with Gasteiger partial charge in [-0.1, -0.05) is 30.3 Å². The Balaban J connectivity index is 1.52. The topological polar surface area (TPSA) is 101 Å². The van der Waals surface area contributed by atoms with E-state index in [0.29, 0.717) is 19.7 Å². The molecule has 2 heterocycles. The van der Waals surface area contributed by atoms with E-state index in [-0.39, 0.29) is 17.0 Å². The number of hydrogen-bond donors (Lipinski definition) is 2. The third kappa shape index (κ3) is 6.40. The molecule has 0 spiro atoms. The third-order valence-corrected chi connectivity index (χ3v) is 6.10. The first-order valence-electron chi connectivity index (χ1n) is 9.92. The minimum absolute atomic E-state index is 0.0544. The second-order valence-electron chi connectivity index (χ2n) is 8.40. The van der Waals surface area contributed by atoms with Crippen LogP contribution in [0.25, 0.3) is 0 Å². The molecule has 1 fully saturated rings. The van der Waals surface area contributed by atoms with Crippen molar-refractivity contribution in [1.82, 2.24) is 14.9 Å². The first-order valence-corrected chi connectivity index (χ1v) is 11.4. The van der Waals surface area contributed by atoms with Gasteiger partial charge in [-0.15, -0.1) is 0 Å². The van der Waals surface area contributed by atoms with Crippen molar-refractivity contribution >= 4 is 15.9 Å². The molecule has 1 aliphatic heterocycles. The van der Waals surface area contributed by atoms with Crippen LogP contribution in [0.2, 0.25) is 0 Å². The predicted molar refractivity (Wildman–Crippen MR) is 113 cm³/mol. The number of benzene rings is 1. The summed E-state index contributed by atoms with van der Waals surface area (Å²) in [4.78, 5) is 14.7. The molecule has 1 atom stereocenters. The van der Waals surface area contributed by atoms with Crippen LogP contribution in [-0.4, -0.2) is 57.1 Å². The molecule has 2 aromatic rings. The monoisotopic (exact) mass is 435 g/mol. The Hall–Kier alpha value is -2.20. The zero-order valence-corrected chi connectivity index (χ0v) is 18.4. The SMILES string of the molecule is CC(C)(C)NS(=O)(=O)c1ccc(C(=O)NCC2CN(Cc3ccccc3)CCO2)o1. The molecule has 0 radical (unpaired) electrons. The molecule has 1 unspecified atom stereocenters. The van der Waals surface area contributed by atoms with Crippen LogP contribution in [0.5, 0.6) is 0 Å². The molecule has 3 rings (SSSR count). The number of carbonyl (C=O) groups excluding carboxylic acids is 1. The fourth-order valence-electron chi connectivity index (χ4n) is 3.22. The highest BCUT2D eigenvalue weighted by atomic mass is 32.2. The van der Waals surface area contributed by atoms with Crippen molar-refractivity contribution in [2.75, 3.05) is 26.2 Å². The summed E-state index contributed by atoms with van der Waals surface area (Å²) < 4.78 is 38.2. The first-order chi connectivity index (χ1) is 14.1. The van der Waals surface area contributed by atoms with Gasteiger partial charge in [0, 0.05) is 31.7 Å². The number of sulfonamides is 1. The van der Waals surface area contributed by atoms with Gasteiger partial charge in [-0.3, -0.25) is 9.69 Å². The summed E-state index contributed by atoms with van der Waals surface area (Å²) in [6, 6.07) is 12.8. The molecule has 1 saturated heterocycles. The van der Waals surface area contributed by atoms with Crippen molar-refractivity contribution in [2.45, 2.75) is 44.1 Å². The molecule has 1 amide bonds. The zero-order valence-electron chi connectivity index (χ0n) is 17.6. The van der Waals surface area contributed by atoms with Gasteiger partial charge >= 0.3 is 0 Å². The number of furan rings is 1. The summed E-state index contributed by atoms with van der Waals surface area (Å²) in [5.74, 6) is -0.530. The fraction of sp³-hybridized carbons (Fsp3) is 0.476. The molecule has 1 aromatic heterocycles. The van der Waals surface area contributed by atoms with Crippen LogP contribution in [0.4, 0.5) is 0 Å². The smallest absolute Gasteiger partial charge is 0.287 e. The summed E-state index contributed by atoms with van der Waals surface area (Å²) in [5, 5.41) is 2.48. The highest BCUT2D eigenvalue weighted by molar-refractivity contribution is 7.89. The van der Waals surface area contributed by atoms with Gasteiger partial charge < -0.3 is 14.5 Å². The van der Waals surface area contributed by atoms with Gasteiger partial charge in [0.2, 0.25) is 5.09 Å². The summed E-state index contributed by atoms with van der Waals surface area (Å²) in [7, 11) is -3.83. The Morgan fingerprint density at radius 1 is 1.17 bits per heavy atom. The van der Waals surface area contributed by atoms with Crippen LogP contribution in [0, 0.1) is 0 Å². The Morgan fingerprint density at radius 3 is 2.60 bits per heavy atom. The Labute approximate surface area is 177 Å². The highest BCUT2D eigenvalue weighted by Gasteiger charge is 2.27. The molecule has 30 heavy (non-hydrogen) atoms. The van der Waals surface area contributed by atoms with E-state index in [1.54, 1.807) is 20.8 Å². The molecule has 1 aliphatic rings. The quantitative estimate of drug-likeness (QED) is 0.690. The van der Waals surface area contributed by atoms with E-state index in [4.69, 9.17) is 9.15 Å². The van der Waals surface area contributed by atoms with Crippen LogP contribution in [0.1, 0.15) is 36.9 Å². The summed E-state index contributed by atoms with van der Waals surface area (Å²) in [6.07, 6.45) is -0.146. The largest absolute Gasteiger partial charge is 0.438 e. The number of amides is 1. The van der Waals surface area contributed by atoms with E-state index in [0.717, 1.165) is 13.1 Å². The zero-order chi connectivity index (χ0) is 21.8. The first kappa shape index (κ1) is 22.5. The van der Waals surface area contributed by atoms with Crippen LogP contribution in [-0.2, 0) is 21.3 Å². The lowest BCUT2D eigenvalue weighted by Crippen LogP contribution is -2.47. The van der Waals surface area contributed by atoms with Crippen molar-refractivity contribution in [2.24, 2.45) is 0 Å². The van der Waals surface area contributed by atoms with E-state index >= 15 is 0 Å². The van der Waals surface area contributed by atoms with Gasteiger partial charge in [-0.25, -0.2) is 13.1 Å². The molecule has 2 N–H and O–H groups in total. The maximum atomic E-state index is 12.4. The van der Waals surface area contributed by atoms with Crippen molar-refractivity contribution in [1.29, 1.82) is 0 Å². The maximum Gasteiger partial charge on any atom is 0.287 e. The number of hydrogen-bond acceptors (Lipinski definition) is 6. The lowest BCUT2D eigenvalue weighted by molar-refractivity contribution is -0.0293. The predicted octanol–water partition coefficient (Wildman–Crippen LogP) is 1.99. The normalized spacial score (nSPS) is 18.3. The second-order valence-corrected chi connectivity index (χ2v) is 10.0. The highest BCUT2D eigenvalue weighted by Crippen LogP contribution is 2.17. The lowest BCUT2D eigenvalue weighted by Gasteiger charge is -2.33. The van der Waals surface area contributed by atoms with Crippen LogP contribution in [0.15, 0.2) is 52.0 Å². The fourth-order valence-corrected chi connectivity index (χ4v) is 4.58. The number of rotatable bonds is 7. The van der Waals surface area contributed by atoms with Crippen LogP contribution >= 0.6 is 0 Å². The van der Waals surface area contributed by atoms with Crippen molar-refractivity contribution in [3.05, 3.63) is 53.8 Å². The summed E-state index contributed by atoms with van der Waals surface area (Å²) in [6.45, 7) is 8.45. The van der Waals surface area contributed by atoms with Crippen molar-refractivity contribution in [3.8, 4) is 0 Å². The molecule has 0 bridgehead atoms. The molecule has 1 aromatic carbocycles. The Morgan fingerprint density at radius 2 is 1.90 bits per heavy atom. The maximum absolute atomic E-state index is 12.4. The lowest BCUT2D eigenvalue weighted by atomic mass is 10.1. The standard InChI is InChI=1S/C21H29N3O5S/c1-21(2,3)23-30(26,27)19-10-9-18(29-19)20(25)22-13-17-15-24(11-12-28-17)14-16-7-5-4-6-8-16/h4-10,17,23H,11-15H2,1-3H3,(H,22,25). The summed E-state index contributed by atoms with van der Waals surface area (Å²) in [5.41, 5.74) is 0.577. The number of morpholine rings is 1. The van der Waals surface area contributed by atoms with Crippen molar-refractivity contribution < 1.29 is 22.4 Å². The molecule has 0 saturated carbocycles. The number of ether oxygens (including phenoxy) is 1.